The van der Waals surface area contributed by atoms with Crippen LogP contribution in [0.1, 0.15) is 12.0 Å². The van der Waals surface area contributed by atoms with Crippen molar-refractivity contribution in [3.63, 3.8) is 0 Å². The molecule has 15 heavy (non-hydrogen) atoms. The van der Waals surface area contributed by atoms with E-state index in [1.165, 1.54) is 10.6 Å². The molecule has 0 N–H and O–H groups in total. The molecular formula is C12H17NOS. The SMILES string of the molecule is CN=C(CCc1cccc(OC)c1)SC. The van der Waals surface area contributed by atoms with Gasteiger partial charge in [0, 0.05) is 7.05 Å². The Labute approximate surface area is 95.8 Å². The minimum Gasteiger partial charge on any atom is -0.497 e. The Kier molecular flexibility index (Phi) is 5.26. The fourth-order valence-corrected chi connectivity index (χ4v) is 1.87. The standard InChI is InChI=1S/C12H17NOS/c1-13-12(15-3)8-7-10-5-4-6-11(9-10)14-2/h4-6,9H,7-8H2,1-3H3. The van der Waals surface area contributed by atoms with Crippen molar-refractivity contribution in [2.45, 2.75) is 12.8 Å². The highest BCUT2D eigenvalue weighted by molar-refractivity contribution is 8.13. The van der Waals surface area contributed by atoms with Crippen LogP contribution in [0.25, 0.3) is 0 Å². The van der Waals surface area contributed by atoms with Crippen molar-refractivity contribution in [3.05, 3.63) is 29.8 Å². The summed E-state index contributed by atoms with van der Waals surface area (Å²) in [5, 5.41) is 1.19. The largest absolute Gasteiger partial charge is 0.497 e. The molecule has 1 rings (SSSR count). The molecule has 3 heteroatoms. The number of methoxy groups -OCH3 is 1. The van der Waals surface area contributed by atoms with Crippen molar-refractivity contribution in [1.82, 2.24) is 0 Å². The maximum absolute atomic E-state index is 5.18. The van der Waals surface area contributed by atoms with E-state index in [9.17, 15) is 0 Å². The summed E-state index contributed by atoms with van der Waals surface area (Å²) >= 11 is 1.72. The summed E-state index contributed by atoms with van der Waals surface area (Å²) in [6.07, 6.45) is 4.09. The molecular weight excluding hydrogens is 206 g/mol. The molecule has 0 spiro atoms. The van der Waals surface area contributed by atoms with Crippen LogP contribution in [0.15, 0.2) is 29.3 Å². The van der Waals surface area contributed by atoms with Gasteiger partial charge in [-0.05, 0) is 36.8 Å². The minimum atomic E-state index is 0.923. The Balaban J connectivity index is 2.57. The van der Waals surface area contributed by atoms with E-state index < -0.39 is 0 Å². The van der Waals surface area contributed by atoms with Crippen molar-refractivity contribution in [2.24, 2.45) is 4.99 Å². The second-order valence-electron chi connectivity index (χ2n) is 3.17. The molecule has 2 nitrogen and oxygen atoms in total. The van der Waals surface area contributed by atoms with E-state index in [0.29, 0.717) is 0 Å². The van der Waals surface area contributed by atoms with Gasteiger partial charge in [0.15, 0.2) is 0 Å². The maximum Gasteiger partial charge on any atom is 0.119 e. The molecule has 0 aliphatic rings. The van der Waals surface area contributed by atoms with Crippen LogP contribution in [0.3, 0.4) is 0 Å². The van der Waals surface area contributed by atoms with Gasteiger partial charge in [-0.3, -0.25) is 4.99 Å². The lowest BCUT2D eigenvalue weighted by Gasteiger charge is -2.05. The van der Waals surface area contributed by atoms with E-state index >= 15 is 0 Å². The summed E-state index contributed by atoms with van der Waals surface area (Å²) < 4.78 is 5.18. The number of aryl methyl sites for hydroxylation is 1. The number of nitrogens with zero attached hydrogens (tertiary/aromatic N) is 1. The first-order chi connectivity index (χ1) is 7.30. The van der Waals surface area contributed by atoms with Crippen molar-refractivity contribution >= 4 is 16.8 Å². The molecule has 0 fully saturated rings. The van der Waals surface area contributed by atoms with Crippen LogP contribution in [0.4, 0.5) is 0 Å². The second-order valence-corrected chi connectivity index (χ2v) is 4.05. The molecule has 0 aromatic heterocycles. The summed E-state index contributed by atoms with van der Waals surface area (Å²) in [6, 6.07) is 8.19. The van der Waals surface area contributed by atoms with Crippen LogP contribution in [-0.2, 0) is 6.42 Å². The van der Waals surface area contributed by atoms with Crippen molar-refractivity contribution in [1.29, 1.82) is 0 Å². The van der Waals surface area contributed by atoms with Gasteiger partial charge in [0.25, 0.3) is 0 Å². The highest BCUT2D eigenvalue weighted by Crippen LogP contribution is 2.15. The average molecular weight is 223 g/mol. The van der Waals surface area contributed by atoms with Crippen LogP contribution < -0.4 is 4.74 Å². The van der Waals surface area contributed by atoms with Gasteiger partial charge >= 0.3 is 0 Å². The smallest absolute Gasteiger partial charge is 0.119 e. The average Bonchev–Trinajstić information content (AvgIpc) is 2.31. The van der Waals surface area contributed by atoms with E-state index in [4.69, 9.17) is 4.74 Å². The van der Waals surface area contributed by atoms with Crippen LogP contribution in [0.5, 0.6) is 5.75 Å². The number of hydrogen-bond acceptors (Lipinski definition) is 3. The van der Waals surface area contributed by atoms with Gasteiger partial charge in [0.1, 0.15) is 5.75 Å². The van der Waals surface area contributed by atoms with E-state index in [2.05, 4.69) is 23.4 Å². The van der Waals surface area contributed by atoms with E-state index in [1.807, 2.05) is 19.2 Å². The first kappa shape index (κ1) is 12.1. The van der Waals surface area contributed by atoms with Gasteiger partial charge in [-0.1, -0.05) is 12.1 Å². The Hall–Kier alpha value is -0.960. The summed E-state index contributed by atoms with van der Waals surface area (Å²) in [6.45, 7) is 0. The van der Waals surface area contributed by atoms with Crippen LogP contribution in [0.2, 0.25) is 0 Å². The lowest BCUT2D eigenvalue weighted by Crippen LogP contribution is -1.95. The third-order valence-corrected chi connectivity index (χ3v) is 3.10. The summed E-state index contributed by atoms with van der Waals surface area (Å²) in [4.78, 5) is 4.21. The molecule has 0 atom stereocenters. The van der Waals surface area contributed by atoms with E-state index in [0.717, 1.165) is 18.6 Å². The molecule has 0 amide bonds. The molecule has 0 bridgehead atoms. The number of ether oxygens (including phenoxy) is 1. The first-order valence-corrected chi connectivity index (χ1v) is 6.15. The van der Waals surface area contributed by atoms with Gasteiger partial charge < -0.3 is 4.74 Å². The number of hydrogen-bond donors (Lipinski definition) is 0. The number of thioether (sulfide) groups is 1. The lowest BCUT2D eigenvalue weighted by molar-refractivity contribution is 0.414. The fraction of sp³-hybridized carbons (Fsp3) is 0.417. The molecule has 1 aromatic carbocycles. The topological polar surface area (TPSA) is 21.6 Å². The summed E-state index contributed by atoms with van der Waals surface area (Å²) in [5.41, 5.74) is 1.30. The molecule has 82 valence electrons. The predicted octanol–water partition coefficient (Wildman–Crippen LogP) is 3.02. The van der Waals surface area contributed by atoms with Crippen molar-refractivity contribution in [2.75, 3.05) is 20.4 Å². The number of rotatable bonds is 4. The number of benzene rings is 1. The molecule has 0 aliphatic carbocycles. The normalized spacial score (nSPS) is 11.5. The van der Waals surface area contributed by atoms with E-state index in [1.54, 1.807) is 18.9 Å². The predicted molar refractivity (Wildman–Crippen MR) is 68.2 cm³/mol. The molecule has 0 saturated heterocycles. The zero-order valence-electron chi connectivity index (χ0n) is 9.49. The first-order valence-electron chi connectivity index (χ1n) is 4.92. The van der Waals surface area contributed by atoms with Gasteiger partial charge in [-0.25, -0.2) is 0 Å². The molecule has 0 radical (unpaired) electrons. The van der Waals surface area contributed by atoms with Crippen molar-refractivity contribution < 1.29 is 4.74 Å². The van der Waals surface area contributed by atoms with Gasteiger partial charge in [-0.2, -0.15) is 0 Å². The quantitative estimate of drug-likeness (QED) is 0.578. The monoisotopic (exact) mass is 223 g/mol. The summed E-state index contributed by atoms with van der Waals surface area (Å²) in [7, 11) is 3.54. The Bertz CT molecular complexity index is 336. The third-order valence-electron chi connectivity index (χ3n) is 2.25. The second kappa shape index (κ2) is 6.51. The zero-order chi connectivity index (χ0) is 11.1. The Morgan fingerprint density at radius 2 is 2.27 bits per heavy atom. The van der Waals surface area contributed by atoms with Crippen molar-refractivity contribution in [3.8, 4) is 5.75 Å². The maximum atomic E-state index is 5.18. The number of aliphatic imine (C=N–C) groups is 1. The fourth-order valence-electron chi connectivity index (χ4n) is 1.38. The highest BCUT2D eigenvalue weighted by atomic mass is 32.2. The third kappa shape index (κ3) is 3.96. The summed E-state index contributed by atoms with van der Waals surface area (Å²) in [5.74, 6) is 0.923. The van der Waals surface area contributed by atoms with Crippen LogP contribution in [0, 0.1) is 0 Å². The van der Waals surface area contributed by atoms with E-state index in [-0.39, 0.29) is 0 Å². The van der Waals surface area contributed by atoms with Gasteiger partial charge in [0.2, 0.25) is 0 Å². The van der Waals surface area contributed by atoms with Gasteiger partial charge in [-0.15, -0.1) is 11.8 Å². The molecule has 0 heterocycles. The van der Waals surface area contributed by atoms with Crippen LogP contribution in [-0.4, -0.2) is 25.5 Å². The molecule has 0 aliphatic heterocycles. The minimum absolute atomic E-state index is 0.923. The Morgan fingerprint density at radius 3 is 2.87 bits per heavy atom. The lowest BCUT2D eigenvalue weighted by atomic mass is 10.1. The molecule has 1 aromatic rings. The Morgan fingerprint density at radius 1 is 1.47 bits per heavy atom. The van der Waals surface area contributed by atoms with Crippen LogP contribution >= 0.6 is 11.8 Å². The zero-order valence-corrected chi connectivity index (χ0v) is 10.3. The molecule has 0 saturated carbocycles. The highest BCUT2D eigenvalue weighted by Gasteiger charge is 1.99. The molecule has 0 unspecified atom stereocenters. The van der Waals surface area contributed by atoms with Gasteiger partial charge in [0.05, 0.1) is 12.2 Å².